The summed E-state index contributed by atoms with van der Waals surface area (Å²) in [5.74, 6) is 0. The molecule has 0 aliphatic heterocycles. The number of rotatable bonds is 6. The Hall–Kier alpha value is -5.08. The van der Waals surface area contributed by atoms with Crippen molar-refractivity contribution in [3.05, 3.63) is 168 Å². The van der Waals surface area contributed by atoms with Crippen LogP contribution in [0.25, 0.3) is 27.5 Å². The molecule has 0 bridgehead atoms. The van der Waals surface area contributed by atoms with Crippen LogP contribution in [-0.2, 0) is 10.8 Å². The smallest absolute Gasteiger partial charge is 0.0561 e. The summed E-state index contributed by atoms with van der Waals surface area (Å²) in [6, 6.07) is 56.4. The lowest BCUT2D eigenvalue weighted by Crippen LogP contribution is -2.30. The number of para-hydroxylation sites is 2. The first kappa shape index (κ1) is 30.3. The first-order valence-corrected chi connectivity index (χ1v) is 17.6. The number of anilines is 3. The molecule has 0 atom stereocenters. The van der Waals surface area contributed by atoms with Crippen LogP contribution in [0.2, 0.25) is 0 Å². The van der Waals surface area contributed by atoms with E-state index in [1.54, 1.807) is 0 Å². The first-order valence-electron chi connectivity index (χ1n) is 17.6. The fraction of sp³-hybridized carbons (Fsp3) is 0.217. The normalized spacial score (nSPS) is 14.7. The minimum absolute atomic E-state index is 0.0761. The predicted octanol–water partition coefficient (Wildman–Crippen LogP) is 12.8. The van der Waals surface area contributed by atoms with Crippen LogP contribution in [0.1, 0.15) is 69.6 Å². The topological polar surface area (TPSA) is 8.17 Å². The quantitative estimate of drug-likeness (QED) is 0.179. The zero-order valence-corrected chi connectivity index (χ0v) is 28.4. The van der Waals surface area contributed by atoms with Crippen molar-refractivity contribution in [2.45, 2.75) is 63.7 Å². The maximum absolute atomic E-state index is 2.43. The number of benzene rings is 6. The summed E-state index contributed by atoms with van der Waals surface area (Å²) >= 11 is 0. The molecule has 238 valence electrons. The first-order chi connectivity index (χ1) is 23.4. The Morgan fingerprint density at radius 1 is 0.500 bits per heavy atom. The lowest BCUT2D eigenvalue weighted by Gasteiger charge is -2.39. The molecular formula is C46H44N2. The zero-order chi connectivity index (χ0) is 32.7. The van der Waals surface area contributed by atoms with E-state index in [0.717, 1.165) is 11.4 Å². The number of aromatic nitrogens is 1. The highest BCUT2D eigenvalue weighted by Crippen LogP contribution is 2.46. The molecule has 1 heterocycles. The van der Waals surface area contributed by atoms with Gasteiger partial charge < -0.3 is 9.47 Å². The number of nitrogens with zero attached hydrogens (tertiary/aromatic N) is 2. The number of hydrogen-bond acceptors (Lipinski definition) is 1. The second kappa shape index (κ2) is 12.2. The molecule has 2 heteroatoms. The van der Waals surface area contributed by atoms with E-state index >= 15 is 0 Å². The molecule has 0 N–H and O–H groups in total. The molecule has 2 nitrogen and oxygen atoms in total. The van der Waals surface area contributed by atoms with Crippen LogP contribution >= 0.6 is 0 Å². The minimum Gasteiger partial charge on any atom is -0.310 e. The molecule has 1 aromatic heterocycles. The van der Waals surface area contributed by atoms with Gasteiger partial charge in [0.25, 0.3) is 0 Å². The molecule has 0 radical (unpaired) electrons. The number of fused-ring (bicyclic) bond motifs is 3. The summed E-state index contributed by atoms with van der Waals surface area (Å²) in [5, 5.41) is 2.53. The van der Waals surface area contributed by atoms with Gasteiger partial charge in [0.15, 0.2) is 0 Å². The maximum Gasteiger partial charge on any atom is 0.0561 e. The lowest BCUT2D eigenvalue weighted by molar-refractivity contribution is 0.346. The van der Waals surface area contributed by atoms with Gasteiger partial charge in [0.2, 0.25) is 0 Å². The van der Waals surface area contributed by atoms with Crippen LogP contribution in [0, 0.1) is 0 Å². The summed E-state index contributed by atoms with van der Waals surface area (Å²) < 4.78 is 2.41. The fourth-order valence-electron chi connectivity index (χ4n) is 8.10. The van der Waals surface area contributed by atoms with E-state index in [1.165, 1.54) is 82.0 Å². The van der Waals surface area contributed by atoms with Crippen LogP contribution < -0.4 is 4.90 Å². The Kier molecular flexibility index (Phi) is 7.68. The van der Waals surface area contributed by atoms with E-state index in [2.05, 4.69) is 182 Å². The van der Waals surface area contributed by atoms with Crippen molar-refractivity contribution in [2.75, 3.05) is 4.90 Å². The molecule has 1 aliphatic rings. The van der Waals surface area contributed by atoms with Crippen LogP contribution in [0.15, 0.2) is 152 Å². The van der Waals surface area contributed by atoms with E-state index < -0.39 is 0 Å². The van der Waals surface area contributed by atoms with Crippen molar-refractivity contribution < 1.29 is 0 Å². The molecule has 48 heavy (non-hydrogen) atoms. The Morgan fingerprint density at radius 3 is 1.71 bits per heavy atom. The minimum atomic E-state index is 0.0761. The molecule has 0 amide bonds. The highest BCUT2D eigenvalue weighted by Gasteiger charge is 2.35. The van der Waals surface area contributed by atoms with E-state index in [4.69, 9.17) is 0 Å². The van der Waals surface area contributed by atoms with E-state index in [0.29, 0.717) is 0 Å². The van der Waals surface area contributed by atoms with Crippen molar-refractivity contribution in [1.82, 2.24) is 4.57 Å². The Labute approximate surface area is 285 Å². The van der Waals surface area contributed by atoms with Crippen molar-refractivity contribution in [1.29, 1.82) is 0 Å². The highest BCUT2D eigenvalue weighted by molar-refractivity contribution is 6.10. The van der Waals surface area contributed by atoms with Gasteiger partial charge in [-0.05, 0) is 89.5 Å². The van der Waals surface area contributed by atoms with Crippen LogP contribution in [0.4, 0.5) is 17.1 Å². The van der Waals surface area contributed by atoms with Crippen LogP contribution in [0.3, 0.4) is 0 Å². The summed E-state index contributed by atoms with van der Waals surface area (Å²) in [5.41, 5.74) is 11.5. The van der Waals surface area contributed by atoms with E-state index in [1.807, 2.05) is 0 Å². The summed E-state index contributed by atoms with van der Waals surface area (Å²) in [6.45, 7) is 6.84. The fourth-order valence-corrected chi connectivity index (χ4v) is 8.10. The Balaban J connectivity index is 1.29. The summed E-state index contributed by atoms with van der Waals surface area (Å²) in [7, 11) is 0. The third kappa shape index (κ3) is 5.30. The monoisotopic (exact) mass is 624 g/mol. The molecule has 1 saturated carbocycles. The van der Waals surface area contributed by atoms with Crippen LogP contribution in [0.5, 0.6) is 0 Å². The van der Waals surface area contributed by atoms with Crippen molar-refractivity contribution in [2.24, 2.45) is 0 Å². The van der Waals surface area contributed by atoms with Gasteiger partial charge in [-0.3, -0.25) is 0 Å². The van der Waals surface area contributed by atoms with Crippen molar-refractivity contribution >= 4 is 38.9 Å². The summed E-state index contributed by atoms with van der Waals surface area (Å²) in [6.07, 6.45) is 6.29. The molecule has 0 unspecified atom stereocenters. The molecule has 7 aromatic rings. The SMILES string of the molecule is CC(C)(C)c1ccc(N(c2ccc(C3(c4ccccc4)CCCCC3)cc2)c2ccc3c4ccccc4n(-c4ccccc4)c3c2)cc1. The van der Waals surface area contributed by atoms with Gasteiger partial charge in [0.05, 0.1) is 11.0 Å². The van der Waals surface area contributed by atoms with Gasteiger partial charge >= 0.3 is 0 Å². The molecule has 1 fully saturated rings. The largest absolute Gasteiger partial charge is 0.310 e. The second-order valence-electron chi connectivity index (χ2n) is 14.6. The average molecular weight is 625 g/mol. The van der Waals surface area contributed by atoms with E-state index in [-0.39, 0.29) is 10.8 Å². The molecule has 6 aromatic carbocycles. The van der Waals surface area contributed by atoms with Crippen molar-refractivity contribution in [3.8, 4) is 5.69 Å². The van der Waals surface area contributed by atoms with Gasteiger partial charge in [0, 0.05) is 38.9 Å². The molecular weight excluding hydrogens is 581 g/mol. The Bertz CT molecular complexity index is 2160. The van der Waals surface area contributed by atoms with Crippen LogP contribution in [-0.4, -0.2) is 4.57 Å². The lowest BCUT2D eigenvalue weighted by atomic mass is 9.65. The third-order valence-corrected chi connectivity index (χ3v) is 10.6. The third-order valence-electron chi connectivity index (χ3n) is 10.6. The van der Waals surface area contributed by atoms with Gasteiger partial charge in [-0.15, -0.1) is 0 Å². The molecule has 8 rings (SSSR count). The molecule has 0 spiro atoms. The van der Waals surface area contributed by atoms with Gasteiger partial charge in [0.1, 0.15) is 0 Å². The van der Waals surface area contributed by atoms with Gasteiger partial charge in [-0.1, -0.05) is 137 Å². The number of hydrogen-bond donors (Lipinski definition) is 0. The second-order valence-corrected chi connectivity index (χ2v) is 14.6. The Morgan fingerprint density at radius 2 is 1.04 bits per heavy atom. The van der Waals surface area contributed by atoms with Gasteiger partial charge in [-0.2, -0.15) is 0 Å². The van der Waals surface area contributed by atoms with Crippen molar-refractivity contribution in [3.63, 3.8) is 0 Å². The summed E-state index contributed by atoms with van der Waals surface area (Å²) in [4.78, 5) is 2.43. The zero-order valence-electron chi connectivity index (χ0n) is 28.4. The standard InChI is InChI=1S/C46H44N2/c1-45(2,3)34-21-25-38(26-22-34)47(39-27-23-36(24-28-39)46(31-13-6-14-32-46)35-15-7-4-8-16-35)40-29-30-42-41-19-11-12-20-43(41)48(44(42)33-40)37-17-9-5-10-18-37/h4-5,7-12,15-30,33H,6,13-14,31-32H2,1-3H3. The molecule has 1 aliphatic carbocycles. The highest BCUT2D eigenvalue weighted by atomic mass is 15.1. The van der Waals surface area contributed by atoms with E-state index in [9.17, 15) is 0 Å². The van der Waals surface area contributed by atoms with Gasteiger partial charge in [-0.25, -0.2) is 0 Å². The predicted molar refractivity (Wildman–Crippen MR) is 204 cm³/mol. The molecule has 0 saturated heterocycles. The average Bonchev–Trinajstić information content (AvgIpc) is 3.47. The maximum atomic E-state index is 2.43.